The maximum atomic E-state index is 8.49. The van der Waals surface area contributed by atoms with Gasteiger partial charge in [-0.25, -0.2) is 18.6 Å². The molecule has 2 N–H and O–H groups in total. The van der Waals surface area contributed by atoms with E-state index >= 15 is 0 Å². The van der Waals surface area contributed by atoms with Gasteiger partial charge in [-0.05, 0) is 54.0 Å². The summed E-state index contributed by atoms with van der Waals surface area (Å²) in [6.07, 6.45) is 1.85. The van der Waals surface area contributed by atoms with Gasteiger partial charge >= 0.3 is 5.13 Å². The number of hydrogen-bond acceptors (Lipinski definition) is 8. The Hall–Kier alpha value is -1.20. The first kappa shape index (κ1) is 25.8. The molecule has 0 amide bonds. The van der Waals surface area contributed by atoms with Crippen LogP contribution in [0.3, 0.4) is 0 Å². The molecule has 2 aromatic heterocycles. The Morgan fingerprint density at radius 3 is 1.79 bits per heavy atom. The van der Waals surface area contributed by atoms with Crippen LogP contribution in [-0.2, 0) is 17.3 Å². The van der Waals surface area contributed by atoms with Gasteiger partial charge in [-0.1, -0.05) is 41.5 Å². The van der Waals surface area contributed by atoms with Crippen molar-refractivity contribution in [2.45, 2.75) is 72.1 Å². The van der Waals surface area contributed by atoms with Crippen molar-refractivity contribution in [1.29, 1.82) is 0 Å². The van der Waals surface area contributed by atoms with E-state index in [1.54, 1.807) is 11.3 Å². The Balaban J connectivity index is 0.000000749. The number of aryl methyl sites for hydroxylation is 2. The molecule has 10 heteroatoms. The van der Waals surface area contributed by atoms with Gasteiger partial charge in [0, 0.05) is 17.3 Å². The molecule has 0 spiro atoms. The smallest absolute Gasteiger partial charge is 0.330 e. The monoisotopic (exact) mass is 446 g/mol. The summed E-state index contributed by atoms with van der Waals surface area (Å²) in [5.41, 5.74) is 9.50. The zero-order valence-electron chi connectivity index (χ0n) is 18.1. The van der Waals surface area contributed by atoms with Gasteiger partial charge in [-0.2, -0.15) is 4.57 Å². The first-order valence-corrected chi connectivity index (χ1v) is 11.3. The lowest BCUT2D eigenvalue weighted by Gasteiger charge is -2.26. The number of pyridine rings is 1. The summed E-state index contributed by atoms with van der Waals surface area (Å²) in [6, 6.07) is 4.55. The van der Waals surface area contributed by atoms with E-state index in [-0.39, 0.29) is 10.8 Å². The molecule has 2 rings (SSSR count). The lowest BCUT2D eigenvalue weighted by Crippen LogP contribution is -2.68. The van der Waals surface area contributed by atoms with E-state index < -0.39 is 10.2 Å². The van der Waals surface area contributed by atoms with Crippen molar-refractivity contribution in [1.82, 2.24) is 10.2 Å². The van der Waals surface area contributed by atoms with Crippen molar-refractivity contribution in [3.05, 3.63) is 34.1 Å². The van der Waals surface area contributed by atoms with Crippen molar-refractivity contribution in [3.63, 3.8) is 0 Å². The number of aromatic nitrogens is 3. The third-order valence-corrected chi connectivity index (χ3v) is 4.96. The maximum absolute atomic E-state index is 8.49. The molecule has 29 heavy (non-hydrogen) atoms. The SMILES string of the molecule is Cc1cc(C(C)(C)C)[n+](-c2nnc(CCCN)s2)c(C(C)(C)C)c1.[O-][Cl+3]([O-])([O-])[O-]. The summed E-state index contributed by atoms with van der Waals surface area (Å²) >= 11 is 1.68. The molecule has 0 aliphatic heterocycles. The lowest BCUT2D eigenvalue weighted by molar-refractivity contribution is -2.00. The van der Waals surface area contributed by atoms with E-state index in [1.807, 2.05) is 0 Å². The molecular weight excluding hydrogens is 416 g/mol. The van der Waals surface area contributed by atoms with E-state index in [0.717, 1.165) is 23.0 Å². The van der Waals surface area contributed by atoms with Gasteiger partial charge in [0.2, 0.25) is 0 Å². The zero-order valence-corrected chi connectivity index (χ0v) is 19.7. The highest BCUT2D eigenvalue weighted by molar-refractivity contribution is 7.13. The van der Waals surface area contributed by atoms with Crippen LogP contribution in [0.2, 0.25) is 0 Å². The van der Waals surface area contributed by atoms with Crippen molar-refractivity contribution >= 4 is 11.3 Å². The molecule has 0 atom stereocenters. The van der Waals surface area contributed by atoms with Gasteiger partial charge in [-0.15, -0.1) is 10.2 Å². The highest BCUT2D eigenvalue weighted by Gasteiger charge is 2.33. The van der Waals surface area contributed by atoms with Crippen molar-refractivity contribution < 1.29 is 33.4 Å². The summed E-state index contributed by atoms with van der Waals surface area (Å²) in [7, 11) is -4.94. The molecule has 0 fully saturated rings. The molecule has 0 saturated heterocycles. The summed E-state index contributed by atoms with van der Waals surface area (Å²) in [4.78, 5) is 0. The van der Waals surface area contributed by atoms with E-state index in [0.29, 0.717) is 6.54 Å². The summed E-state index contributed by atoms with van der Waals surface area (Å²) in [5, 5.41) is 10.9. The Morgan fingerprint density at radius 2 is 1.41 bits per heavy atom. The second-order valence-corrected chi connectivity index (χ2v) is 10.7. The van der Waals surface area contributed by atoms with Crippen LogP contribution in [0.4, 0.5) is 0 Å². The molecular formula is C19H31ClN4O4S. The van der Waals surface area contributed by atoms with E-state index in [9.17, 15) is 0 Å². The summed E-state index contributed by atoms with van der Waals surface area (Å²) in [6.45, 7) is 16.4. The first-order valence-electron chi connectivity index (χ1n) is 9.26. The third-order valence-electron chi connectivity index (χ3n) is 3.99. The molecule has 0 unspecified atom stereocenters. The number of rotatable bonds is 4. The molecule has 2 aromatic rings. The zero-order chi connectivity index (χ0) is 22.6. The minimum Gasteiger partial charge on any atom is -0.330 e. The average Bonchev–Trinajstić information content (AvgIpc) is 2.97. The van der Waals surface area contributed by atoms with Crippen LogP contribution in [0.15, 0.2) is 12.1 Å². The molecule has 0 saturated carbocycles. The maximum Gasteiger partial charge on any atom is 0.415 e. The topological polar surface area (TPSA) is 148 Å². The van der Waals surface area contributed by atoms with E-state index in [1.165, 1.54) is 17.0 Å². The number of nitrogens with two attached hydrogens (primary N) is 1. The predicted molar refractivity (Wildman–Crippen MR) is 101 cm³/mol. The fourth-order valence-corrected chi connectivity index (χ4v) is 3.64. The number of halogens is 1. The van der Waals surface area contributed by atoms with Crippen LogP contribution in [0.1, 0.15) is 69.9 Å². The van der Waals surface area contributed by atoms with Crippen LogP contribution < -0.4 is 28.9 Å². The Bertz CT molecular complexity index is 767. The van der Waals surface area contributed by atoms with Crippen molar-refractivity contribution in [2.24, 2.45) is 5.73 Å². The van der Waals surface area contributed by atoms with Crippen molar-refractivity contribution in [2.75, 3.05) is 6.54 Å². The summed E-state index contributed by atoms with van der Waals surface area (Å²) in [5.74, 6) is 0. The molecule has 8 nitrogen and oxygen atoms in total. The second-order valence-electron chi connectivity index (χ2n) is 8.89. The fraction of sp³-hybridized carbons (Fsp3) is 0.632. The van der Waals surface area contributed by atoms with Crippen molar-refractivity contribution in [3.8, 4) is 5.13 Å². The highest BCUT2D eigenvalue weighted by atomic mass is 35.7. The largest absolute Gasteiger partial charge is 0.415 e. The number of hydrogen-bond donors (Lipinski definition) is 1. The molecule has 164 valence electrons. The molecule has 2 heterocycles. The van der Waals surface area contributed by atoms with Gasteiger partial charge in [0.1, 0.15) is 16.4 Å². The Morgan fingerprint density at radius 1 is 0.966 bits per heavy atom. The van der Waals surface area contributed by atoms with Gasteiger partial charge < -0.3 is 5.73 Å². The summed E-state index contributed by atoms with van der Waals surface area (Å²) < 4.78 is 36.3. The first-order chi connectivity index (χ1) is 13.0. The third kappa shape index (κ3) is 8.59. The standard InChI is InChI=1S/C19H31N4S.ClHO4/c1-13-11-14(18(2,3)4)23(15(12-13)19(5,6)7)17-22-21-16(24-17)9-8-10-20;2-1(3,4)5/h11-12H,8-10,20H2,1-7H3;(H,2,3,4,5)/q+1;/p-1. The molecule has 0 bridgehead atoms. The van der Waals surface area contributed by atoms with Crippen LogP contribution >= 0.6 is 11.3 Å². The minimum absolute atomic E-state index is 0.0229. The van der Waals surface area contributed by atoms with Gasteiger partial charge in [0.05, 0.1) is 5.10 Å². The van der Waals surface area contributed by atoms with Crippen LogP contribution in [0, 0.1) is 17.2 Å². The lowest BCUT2D eigenvalue weighted by atomic mass is 9.86. The van der Waals surface area contributed by atoms with E-state index in [4.69, 9.17) is 24.4 Å². The second kappa shape index (κ2) is 9.74. The quantitative estimate of drug-likeness (QED) is 0.583. The van der Waals surface area contributed by atoms with E-state index in [2.05, 4.69) is 75.4 Å². The average molecular weight is 447 g/mol. The number of nitrogens with zero attached hydrogens (tertiary/aromatic N) is 3. The van der Waals surface area contributed by atoms with Crippen LogP contribution in [0.5, 0.6) is 0 Å². The Kier molecular flexibility index (Phi) is 8.68. The van der Waals surface area contributed by atoms with Crippen LogP contribution in [-0.4, -0.2) is 16.7 Å². The molecule has 0 aromatic carbocycles. The van der Waals surface area contributed by atoms with Gasteiger partial charge in [-0.3, -0.25) is 0 Å². The molecule has 0 aliphatic carbocycles. The molecule has 0 aliphatic rings. The Labute approximate surface area is 178 Å². The normalized spacial score (nSPS) is 12.6. The van der Waals surface area contributed by atoms with Gasteiger partial charge in [0.15, 0.2) is 0 Å². The highest BCUT2D eigenvalue weighted by Crippen LogP contribution is 2.28. The minimum atomic E-state index is -4.94. The molecule has 0 radical (unpaired) electrons. The predicted octanol–water partition coefficient (Wildman–Crippen LogP) is -1.15. The van der Waals surface area contributed by atoms with Gasteiger partial charge in [0.25, 0.3) is 0 Å². The van der Waals surface area contributed by atoms with Crippen LogP contribution in [0.25, 0.3) is 5.13 Å². The fourth-order valence-electron chi connectivity index (χ4n) is 2.73.